The third-order valence-corrected chi connectivity index (χ3v) is 8.11. The fraction of sp³-hybridized carbons (Fsp3) is 0.522. The number of nitrogens with one attached hydrogen (secondary N) is 1. The van der Waals surface area contributed by atoms with Crippen molar-refractivity contribution in [2.45, 2.75) is 31.1 Å². The van der Waals surface area contributed by atoms with Crippen molar-refractivity contribution in [2.75, 3.05) is 45.8 Å². The van der Waals surface area contributed by atoms with Crippen LogP contribution in [-0.2, 0) is 14.8 Å². The van der Waals surface area contributed by atoms with Gasteiger partial charge in [-0.3, -0.25) is 4.79 Å². The highest BCUT2D eigenvalue weighted by atomic mass is 32.2. The molecule has 2 aromatic rings. The summed E-state index contributed by atoms with van der Waals surface area (Å²) in [4.78, 5) is 16.3. The van der Waals surface area contributed by atoms with E-state index in [0.717, 1.165) is 30.3 Å². The third-order valence-electron chi connectivity index (χ3n) is 6.21. The van der Waals surface area contributed by atoms with Crippen molar-refractivity contribution in [2.24, 2.45) is 5.92 Å². The summed E-state index contributed by atoms with van der Waals surface area (Å²) in [6, 6.07) is 13.1. The summed E-state index contributed by atoms with van der Waals surface area (Å²) >= 11 is 0. The monoisotopic (exact) mass is 430 g/mol. The third kappa shape index (κ3) is 4.85. The number of fused-ring (bicyclic) bond motifs is 1. The molecule has 2 aliphatic rings. The zero-order valence-electron chi connectivity index (χ0n) is 17.7. The lowest BCUT2D eigenvalue weighted by Crippen LogP contribution is -3.15. The van der Waals surface area contributed by atoms with Gasteiger partial charge in [-0.25, -0.2) is 8.42 Å². The quantitative estimate of drug-likeness (QED) is 0.688. The van der Waals surface area contributed by atoms with Gasteiger partial charge in [0, 0.05) is 13.1 Å². The number of sulfonamides is 1. The molecule has 0 bridgehead atoms. The van der Waals surface area contributed by atoms with Gasteiger partial charge in [0.05, 0.1) is 31.1 Å². The predicted octanol–water partition coefficient (Wildman–Crippen LogP) is 1.38. The van der Waals surface area contributed by atoms with Crippen LogP contribution in [0, 0.1) is 5.92 Å². The zero-order chi connectivity index (χ0) is 21.1. The van der Waals surface area contributed by atoms with Crippen LogP contribution in [0.2, 0.25) is 0 Å². The Bertz CT molecular complexity index is 996. The molecule has 30 heavy (non-hydrogen) atoms. The molecule has 0 spiro atoms. The van der Waals surface area contributed by atoms with Crippen molar-refractivity contribution in [1.29, 1.82) is 0 Å². The first-order chi connectivity index (χ1) is 14.5. The number of quaternary nitrogens is 1. The number of nitrogens with zero attached hydrogens (tertiary/aromatic N) is 2. The summed E-state index contributed by atoms with van der Waals surface area (Å²) in [6.07, 6.45) is 3.46. The van der Waals surface area contributed by atoms with E-state index in [9.17, 15) is 13.2 Å². The van der Waals surface area contributed by atoms with Crippen molar-refractivity contribution < 1.29 is 18.1 Å². The molecule has 1 saturated heterocycles. The van der Waals surface area contributed by atoms with Gasteiger partial charge in [-0.05, 0) is 48.1 Å². The summed E-state index contributed by atoms with van der Waals surface area (Å²) < 4.78 is 27.8. The lowest BCUT2D eigenvalue weighted by Gasteiger charge is -2.32. The Morgan fingerprint density at radius 1 is 1.10 bits per heavy atom. The van der Waals surface area contributed by atoms with Crippen LogP contribution in [0.15, 0.2) is 47.4 Å². The molecule has 0 radical (unpaired) electrons. The number of hydrogen-bond acceptors (Lipinski definition) is 3. The van der Waals surface area contributed by atoms with Crippen molar-refractivity contribution in [3.8, 4) is 0 Å². The molecule has 0 unspecified atom stereocenters. The van der Waals surface area contributed by atoms with Crippen molar-refractivity contribution >= 4 is 26.7 Å². The molecular weight excluding hydrogens is 398 g/mol. The van der Waals surface area contributed by atoms with Gasteiger partial charge < -0.3 is 9.80 Å². The molecule has 0 atom stereocenters. The molecule has 0 aromatic heterocycles. The summed E-state index contributed by atoms with van der Waals surface area (Å²) in [5.74, 6) is 0.907. The van der Waals surface area contributed by atoms with Gasteiger partial charge in [-0.1, -0.05) is 37.3 Å². The molecule has 1 amide bonds. The number of benzene rings is 2. The number of amides is 1. The summed E-state index contributed by atoms with van der Waals surface area (Å²) in [5, 5.41) is 1.96. The Morgan fingerprint density at radius 3 is 2.47 bits per heavy atom. The van der Waals surface area contributed by atoms with E-state index in [4.69, 9.17) is 0 Å². The standard InChI is InChI=1S/C23H31N3O3S/c1-2-11-25(17-19-7-8-19)23(27)18-24-12-14-26(15-13-24)30(28,29)22-10-9-20-5-3-4-6-21(20)16-22/h3-6,9-10,16,19H,2,7-8,11-15,17-18H2,1H3/p+1. The largest absolute Gasteiger partial charge is 0.338 e. The summed E-state index contributed by atoms with van der Waals surface area (Å²) in [5.41, 5.74) is 0. The minimum atomic E-state index is -3.51. The zero-order valence-corrected chi connectivity index (χ0v) is 18.5. The average molecular weight is 431 g/mol. The van der Waals surface area contributed by atoms with Crippen LogP contribution < -0.4 is 4.90 Å². The number of carbonyl (C=O) groups is 1. The SMILES string of the molecule is CCCN(CC1CC1)C(=O)C[NH+]1CCN(S(=O)(=O)c2ccc3ccccc3c2)CC1. The Kier molecular flexibility index (Phi) is 6.41. The topological polar surface area (TPSA) is 62.1 Å². The summed E-state index contributed by atoms with van der Waals surface area (Å²) in [7, 11) is -3.51. The maximum absolute atomic E-state index is 13.1. The predicted molar refractivity (Wildman–Crippen MR) is 118 cm³/mol. The van der Waals surface area contributed by atoms with Crippen LogP contribution in [0.3, 0.4) is 0 Å². The van der Waals surface area contributed by atoms with Gasteiger partial charge in [-0.15, -0.1) is 0 Å². The van der Waals surface area contributed by atoms with Crippen LogP contribution >= 0.6 is 0 Å². The van der Waals surface area contributed by atoms with Crippen LogP contribution in [0.25, 0.3) is 10.8 Å². The first-order valence-corrected chi connectivity index (χ1v) is 12.5. The maximum Gasteiger partial charge on any atom is 0.277 e. The molecule has 7 heteroatoms. The molecule has 2 fully saturated rings. The summed E-state index contributed by atoms with van der Waals surface area (Å²) in [6.45, 7) is 6.53. The van der Waals surface area contributed by atoms with Crippen LogP contribution in [-0.4, -0.2) is 69.3 Å². The molecule has 1 aliphatic carbocycles. The second kappa shape index (κ2) is 9.04. The number of rotatable bonds is 8. The fourth-order valence-corrected chi connectivity index (χ4v) is 5.70. The van der Waals surface area contributed by atoms with Gasteiger partial charge in [-0.2, -0.15) is 4.31 Å². The minimum Gasteiger partial charge on any atom is -0.338 e. The highest BCUT2D eigenvalue weighted by Gasteiger charge is 2.33. The molecule has 4 rings (SSSR count). The van der Waals surface area contributed by atoms with Crippen molar-refractivity contribution in [3.05, 3.63) is 42.5 Å². The highest BCUT2D eigenvalue weighted by Crippen LogP contribution is 2.29. The smallest absolute Gasteiger partial charge is 0.277 e. The van der Waals surface area contributed by atoms with E-state index in [2.05, 4.69) is 6.92 Å². The van der Waals surface area contributed by atoms with Crippen LogP contribution in [0.4, 0.5) is 0 Å². The molecule has 1 N–H and O–H groups in total. The van der Waals surface area contributed by atoms with Crippen molar-refractivity contribution in [1.82, 2.24) is 9.21 Å². The Balaban J connectivity index is 1.36. The number of piperazine rings is 1. The molecule has 162 valence electrons. The molecule has 6 nitrogen and oxygen atoms in total. The molecule has 1 aliphatic heterocycles. The Labute approximate surface area is 179 Å². The lowest BCUT2D eigenvalue weighted by atomic mass is 10.1. The molecule has 1 heterocycles. The van der Waals surface area contributed by atoms with Crippen molar-refractivity contribution in [3.63, 3.8) is 0 Å². The Morgan fingerprint density at radius 2 is 1.80 bits per heavy atom. The van der Waals surface area contributed by atoms with Crippen LogP contribution in [0.5, 0.6) is 0 Å². The van der Waals surface area contributed by atoms with Gasteiger partial charge in [0.15, 0.2) is 6.54 Å². The Hall–Kier alpha value is -1.96. The molecular formula is C23H32N3O3S+. The fourth-order valence-electron chi connectivity index (χ4n) is 4.22. The average Bonchev–Trinajstić information content (AvgIpc) is 3.57. The molecule has 2 aromatic carbocycles. The second-order valence-corrected chi connectivity index (χ2v) is 10.6. The lowest BCUT2D eigenvalue weighted by molar-refractivity contribution is -0.896. The van der Waals surface area contributed by atoms with E-state index in [1.165, 1.54) is 17.7 Å². The first-order valence-electron chi connectivity index (χ1n) is 11.1. The van der Waals surface area contributed by atoms with E-state index in [1.807, 2.05) is 35.2 Å². The van der Waals surface area contributed by atoms with E-state index < -0.39 is 10.0 Å². The number of hydrogen-bond donors (Lipinski definition) is 1. The van der Waals surface area contributed by atoms with Gasteiger partial charge in [0.2, 0.25) is 10.0 Å². The molecule has 1 saturated carbocycles. The van der Waals surface area contributed by atoms with Crippen LogP contribution in [0.1, 0.15) is 26.2 Å². The maximum atomic E-state index is 13.1. The van der Waals surface area contributed by atoms with Gasteiger partial charge in [0.25, 0.3) is 5.91 Å². The van der Waals surface area contributed by atoms with E-state index >= 15 is 0 Å². The van der Waals surface area contributed by atoms with E-state index in [0.29, 0.717) is 43.5 Å². The second-order valence-electron chi connectivity index (χ2n) is 8.62. The first kappa shape index (κ1) is 21.3. The normalized spacial score (nSPS) is 18.6. The minimum absolute atomic E-state index is 0.213. The van der Waals surface area contributed by atoms with Gasteiger partial charge >= 0.3 is 0 Å². The van der Waals surface area contributed by atoms with Gasteiger partial charge in [0.1, 0.15) is 0 Å². The highest BCUT2D eigenvalue weighted by molar-refractivity contribution is 7.89. The van der Waals surface area contributed by atoms with E-state index in [1.54, 1.807) is 16.4 Å². The van der Waals surface area contributed by atoms with E-state index in [-0.39, 0.29) is 5.91 Å². The number of carbonyl (C=O) groups excluding carboxylic acids is 1.